The number of fused-ring (bicyclic) bond motifs is 1. The van der Waals surface area contributed by atoms with Gasteiger partial charge in [0, 0.05) is 63.3 Å². The van der Waals surface area contributed by atoms with Crippen molar-refractivity contribution in [1.82, 2.24) is 24.7 Å². The number of carbonyl (C=O) groups excluding carboxylic acids is 2. The maximum atomic E-state index is 13.3. The van der Waals surface area contributed by atoms with Gasteiger partial charge in [-0.25, -0.2) is 9.97 Å². The molecule has 2 N–H and O–H groups in total. The number of piperidine rings is 2. The summed E-state index contributed by atoms with van der Waals surface area (Å²) >= 11 is 0. The number of carbonyl (C=O) groups is 2. The van der Waals surface area contributed by atoms with Crippen molar-refractivity contribution in [2.45, 2.75) is 69.7 Å². The molecule has 1 aliphatic carbocycles. The summed E-state index contributed by atoms with van der Waals surface area (Å²) in [7, 11) is 0. The van der Waals surface area contributed by atoms with Crippen LogP contribution < -0.4 is 5.32 Å². The van der Waals surface area contributed by atoms with Gasteiger partial charge in [0.2, 0.25) is 5.91 Å². The zero-order valence-electron chi connectivity index (χ0n) is 22.0. The predicted octanol–water partition coefficient (Wildman–Crippen LogP) is 2.31. The van der Waals surface area contributed by atoms with Crippen LogP contribution in [0.4, 0.5) is 5.82 Å². The largest absolute Gasteiger partial charge is 0.390 e. The smallest absolute Gasteiger partial charge is 0.272 e. The maximum absolute atomic E-state index is 13.3. The van der Waals surface area contributed by atoms with E-state index in [1.54, 1.807) is 11.0 Å². The summed E-state index contributed by atoms with van der Waals surface area (Å²) in [5.41, 5.74) is 3.07. The number of β-amino-alcohol motifs (C(OH)–C–C–N with tert-alkyl or cyclic N) is 1. The minimum atomic E-state index is -0.592. The number of hydrogen-bond acceptors (Lipinski definition) is 7. The highest BCUT2D eigenvalue weighted by atomic mass is 16.3. The fourth-order valence-corrected chi connectivity index (χ4v) is 6.41. The highest BCUT2D eigenvalue weighted by Crippen LogP contribution is 2.30. The lowest BCUT2D eigenvalue weighted by atomic mass is 9.84. The van der Waals surface area contributed by atoms with Gasteiger partial charge in [-0.1, -0.05) is 30.7 Å². The van der Waals surface area contributed by atoms with Gasteiger partial charge in [0.1, 0.15) is 17.8 Å². The van der Waals surface area contributed by atoms with E-state index < -0.39 is 6.10 Å². The molecule has 1 saturated carbocycles. The van der Waals surface area contributed by atoms with Crippen LogP contribution in [0.15, 0.2) is 36.7 Å². The number of amides is 2. The molecule has 0 spiro atoms. The van der Waals surface area contributed by atoms with Crippen LogP contribution in [-0.2, 0) is 17.8 Å². The Balaban J connectivity index is 1.02. The molecule has 0 radical (unpaired) electrons. The summed E-state index contributed by atoms with van der Waals surface area (Å²) < 4.78 is 0. The second-order valence-corrected chi connectivity index (χ2v) is 11.3. The number of benzene rings is 1. The Hall–Kier alpha value is -3.04. The molecule has 1 aromatic carbocycles. The summed E-state index contributed by atoms with van der Waals surface area (Å²) in [5.74, 6) is 1.03. The van der Waals surface area contributed by atoms with Crippen LogP contribution in [0.1, 0.15) is 60.1 Å². The first-order chi connectivity index (χ1) is 18.5. The summed E-state index contributed by atoms with van der Waals surface area (Å²) in [5, 5.41) is 14.5. The lowest BCUT2D eigenvalue weighted by Gasteiger charge is -2.43. The van der Waals surface area contributed by atoms with Crippen molar-refractivity contribution < 1.29 is 14.7 Å². The predicted molar refractivity (Wildman–Crippen MR) is 143 cm³/mol. The molecule has 2 atom stereocenters. The minimum Gasteiger partial charge on any atom is -0.390 e. The van der Waals surface area contributed by atoms with E-state index in [9.17, 15) is 14.7 Å². The summed E-state index contributed by atoms with van der Waals surface area (Å²) in [6.07, 6.45) is 7.56. The monoisotopic (exact) mass is 518 g/mol. The molecule has 0 unspecified atom stereocenters. The Bertz CT molecular complexity index is 1160. The first kappa shape index (κ1) is 25.2. The molecule has 0 bridgehead atoms. The maximum Gasteiger partial charge on any atom is 0.272 e. The normalized spacial score (nSPS) is 25.0. The summed E-state index contributed by atoms with van der Waals surface area (Å²) in [4.78, 5) is 40.5. The first-order valence-electron chi connectivity index (χ1n) is 14.2. The van der Waals surface area contributed by atoms with E-state index in [2.05, 4.69) is 44.5 Å². The van der Waals surface area contributed by atoms with Crippen LogP contribution in [0.25, 0.3) is 0 Å². The van der Waals surface area contributed by atoms with Crippen LogP contribution in [-0.4, -0.2) is 92.5 Å². The molecule has 1 aromatic heterocycles. The molecule has 38 heavy (non-hydrogen) atoms. The van der Waals surface area contributed by atoms with Gasteiger partial charge < -0.3 is 20.2 Å². The Labute approximate surface area is 224 Å². The third kappa shape index (κ3) is 5.27. The third-order valence-electron chi connectivity index (χ3n) is 8.96. The van der Waals surface area contributed by atoms with E-state index in [1.807, 2.05) is 4.90 Å². The third-order valence-corrected chi connectivity index (χ3v) is 8.96. The molecule has 202 valence electrons. The number of hydrogen-bond donors (Lipinski definition) is 2. The summed E-state index contributed by atoms with van der Waals surface area (Å²) in [6, 6.07) is 10.5. The van der Waals surface area contributed by atoms with Crippen molar-refractivity contribution in [2.75, 3.05) is 38.0 Å². The first-order valence-corrected chi connectivity index (χ1v) is 14.2. The molecule has 2 aromatic rings. The van der Waals surface area contributed by atoms with Crippen molar-refractivity contribution >= 4 is 17.6 Å². The van der Waals surface area contributed by atoms with Crippen LogP contribution in [0.3, 0.4) is 0 Å². The van der Waals surface area contributed by atoms with E-state index in [0.29, 0.717) is 30.5 Å². The molecule has 2 amide bonds. The van der Waals surface area contributed by atoms with Crippen LogP contribution in [0.2, 0.25) is 0 Å². The van der Waals surface area contributed by atoms with E-state index in [0.717, 1.165) is 64.7 Å². The molecule has 3 aliphatic heterocycles. The number of aliphatic hydroxyl groups excluding tert-OH is 1. The van der Waals surface area contributed by atoms with E-state index in [1.165, 1.54) is 23.9 Å². The van der Waals surface area contributed by atoms with E-state index in [4.69, 9.17) is 0 Å². The Kier molecular flexibility index (Phi) is 7.30. The minimum absolute atomic E-state index is 0.0528. The summed E-state index contributed by atoms with van der Waals surface area (Å²) in [6.45, 7) is 4.21. The fourth-order valence-electron chi connectivity index (χ4n) is 6.41. The van der Waals surface area contributed by atoms with Gasteiger partial charge in [-0.2, -0.15) is 0 Å². The molecule has 2 saturated heterocycles. The number of aromatic nitrogens is 2. The number of nitrogens with one attached hydrogen (secondary N) is 1. The number of anilines is 1. The lowest BCUT2D eigenvalue weighted by molar-refractivity contribution is -0.139. The van der Waals surface area contributed by atoms with Gasteiger partial charge >= 0.3 is 0 Å². The molecule has 3 fully saturated rings. The van der Waals surface area contributed by atoms with Crippen molar-refractivity contribution in [3.05, 3.63) is 53.5 Å². The second kappa shape index (κ2) is 11.0. The second-order valence-electron chi connectivity index (χ2n) is 11.3. The molecule has 9 heteroatoms. The van der Waals surface area contributed by atoms with Crippen molar-refractivity contribution in [1.29, 1.82) is 0 Å². The fraction of sp³-hybridized carbons (Fsp3) is 0.586. The highest BCUT2D eigenvalue weighted by Gasteiger charge is 2.36. The van der Waals surface area contributed by atoms with Gasteiger partial charge in [-0.3, -0.25) is 14.5 Å². The van der Waals surface area contributed by atoms with Gasteiger partial charge in [-0.15, -0.1) is 0 Å². The molecule has 4 heterocycles. The van der Waals surface area contributed by atoms with Crippen molar-refractivity contribution in [3.8, 4) is 0 Å². The van der Waals surface area contributed by atoms with Crippen LogP contribution in [0, 0.1) is 5.92 Å². The Morgan fingerprint density at radius 2 is 1.68 bits per heavy atom. The lowest BCUT2D eigenvalue weighted by Crippen LogP contribution is -2.56. The highest BCUT2D eigenvalue weighted by molar-refractivity contribution is 5.93. The van der Waals surface area contributed by atoms with Gasteiger partial charge in [-0.05, 0) is 49.7 Å². The van der Waals surface area contributed by atoms with Crippen LogP contribution >= 0.6 is 0 Å². The standard InChI is InChI=1S/C29H38N6O3/c36-26-18-35(15-11-25(26)34-12-8-20-4-1-2-5-22(20)17-34)29(38)24-16-27(31-19-30-24)32-23-9-13-33(14-10-23)28(37)21-6-3-7-21/h1-2,4-5,16,19,21,23,25-26,36H,3,6-15,17-18H2,(H,30,31,32)/t25-,26-/m1/s1. The van der Waals surface area contributed by atoms with Crippen molar-refractivity contribution in [2.24, 2.45) is 5.92 Å². The Morgan fingerprint density at radius 3 is 2.42 bits per heavy atom. The zero-order valence-corrected chi connectivity index (χ0v) is 22.0. The average molecular weight is 519 g/mol. The van der Waals surface area contributed by atoms with Gasteiger partial charge in [0.05, 0.1) is 6.10 Å². The van der Waals surface area contributed by atoms with E-state index >= 15 is 0 Å². The van der Waals surface area contributed by atoms with Gasteiger partial charge in [0.25, 0.3) is 5.91 Å². The molecule has 6 rings (SSSR count). The average Bonchev–Trinajstić information content (AvgIpc) is 2.92. The van der Waals surface area contributed by atoms with Gasteiger partial charge in [0.15, 0.2) is 0 Å². The quantitative estimate of drug-likeness (QED) is 0.626. The SMILES string of the molecule is O=C(c1cc(NC2CCN(C(=O)C3CCC3)CC2)ncn1)N1CC[C@@H](N2CCc3ccccc3C2)[C@H](O)C1. The number of likely N-dealkylation sites (tertiary alicyclic amines) is 2. The van der Waals surface area contributed by atoms with Crippen LogP contribution in [0.5, 0.6) is 0 Å². The topological polar surface area (TPSA) is 102 Å². The number of nitrogens with zero attached hydrogens (tertiary/aromatic N) is 5. The Morgan fingerprint density at radius 1 is 0.921 bits per heavy atom. The zero-order chi connectivity index (χ0) is 26.1. The molecular weight excluding hydrogens is 480 g/mol. The molecule has 4 aliphatic rings. The molecular formula is C29H38N6O3. The van der Waals surface area contributed by atoms with E-state index in [-0.39, 0.29) is 23.9 Å². The number of aliphatic hydroxyl groups is 1. The van der Waals surface area contributed by atoms with Crippen molar-refractivity contribution in [3.63, 3.8) is 0 Å². The molecule has 9 nitrogen and oxygen atoms in total. The number of rotatable bonds is 5.